The third-order valence-electron chi connectivity index (χ3n) is 4.04. The monoisotopic (exact) mass is 471 g/mol. The molecule has 0 aliphatic rings. The summed E-state index contributed by atoms with van der Waals surface area (Å²) in [6.07, 6.45) is -0.593. The van der Waals surface area contributed by atoms with E-state index in [-0.39, 0.29) is 19.6 Å². The molecule has 162 valence electrons. The molecule has 1 amide bonds. The number of esters is 2. The number of aryl methyl sites for hydroxylation is 2. The van der Waals surface area contributed by atoms with Crippen molar-refractivity contribution in [2.75, 3.05) is 13.2 Å². The summed E-state index contributed by atoms with van der Waals surface area (Å²) in [6, 6.07) is 5.71. The van der Waals surface area contributed by atoms with Crippen molar-refractivity contribution in [3.05, 3.63) is 33.8 Å². The summed E-state index contributed by atoms with van der Waals surface area (Å²) in [5.74, 6) is -1.75. The zero-order valence-electron chi connectivity index (χ0n) is 17.9. The Labute approximate surface area is 180 Å². The lowest BCUT2D eigenvalue weighted by Crippen LogP contribution is -2.62. The summed E-state index contributed by atoms with van der Waals surface area (Å²) in [4.78, 5) is 38.1. The molecule has 0 saturated carbocycles. The van der Waals surface area contributed by atoms with E-state index < -0.39 is 29.2 Å². The van der Waals surface area contributed by atoms with Gasteiger partial charge in [0, 0.05) is 4.47 Å². The largest absolute Gasteiger partial charge is 0.464 e. The van der Waals surface area contributed by atoms with Gasteiger partial charge in [-0.05, 0) is 77.6 Å². The summed E-state index contributed by atoms with van der Waals surface area (Å²) in [5.41, 5.74) is -0.898. The molecule has 7 nitrogen and oxygen atoms in total. The number of rotatable bonds is 8. The summed E-state index contributed by atoms with van der Waals surface area (Å²) in [6.45, 7) is 10.3. The molecule has 0 fully saturated rings. The molecule has 0 aliphatic heterocycles. The third-order valence-corrected chi connectivity index (χ3v) is 4.53. The van der Waals surface area contributed by atoms with Crippen LogP contribution in [0.15, 0.2) is 22.7 Å². The number of hydrogen-bond donors (Lipinski definition) is 1. The second-order valence-corrected chi connectivity index (χ2v) is 8.46. The van der Waals surface area contributed by atoms with E-state index in [1.54, 1.807) is 34.6 Å². The van der Waals surface area contributed by atoms with Crippen LogP contribution in [0.2, 0.25) is 0 Å². The molecular formula is C21H30BrNO6. The summed E-state index contributed by atoms with van der Waals surface area (Å²) < 4.78 is 16.4. The third kappa shape index (κ3) is 7.34. The second kappa shape index (κ2) is 10.6. The van der Waals surface area contributed by atoms with Crippen LogP contribution >= 0.6 is 15.9 Å². The lowest BCUT2D eigenvalue weighted by Gasteiger charge is -2.31. The van der Waals surface area contributed by atoms with Crippen LogP contribution < -0.4 is 5.32 Å². The number of amides is 1. The molecule has 1 rings (SSSR count). The molecule has 0 heterocycles. The molecule has 0 bridgehead atoms. The molecule has 0 aromatic heterocycles. The van der Waals surface area contributed by atoms with E-state index in [0.717, 1.165) is 15.6 Å². The van der Waals surface area contributed by atoms with Crippen LogP contribution in [-0.2, 0) is 30.2 Å². The highest BCUT2D eigenvalue weighted by Crippen LogP contribution is 2.24. The first-order valence-electron chi connectivity index (χ1n) is 9.55. The highest BCUT2D eigenvalue weighted by molar-refractivity contribution is 9.10. The van der Waals surface area contributed by atoms with Gasteiger partial charge < -0.3 is 14.2 Å². The van der Waals surface area contributed by atoms with Crippen molar-refractivity contribution in [3.63, 3.8) is 0 Å². The fourth-order valence-corrected chi connectivity index (χ4v) is 3.18. The van der Waals surface area contributed by atoms with E-state index in [2.05, 4.69) is 21.2 Å². The van der Waals surface area contributed by atoms with Crippen LogP contribution in [0.5, 0.6) is 0 Å². The lowest BCUT2D eigenvalue weighted by atomic mass is 9.90. The van der Waals surface area contributed by atoms with Crippen LogP contribution in [-0.4, -0.2) is 42.4 Å². The number of carbonyl (C=O) groups excluding carboxylic acids is 3. The molecule has 8 heteroatoms. The zero-order valence-corrected chi connectivity index (χ0v) is 19.5. The Morgan fingerprint density at radius 2 is 1.59 bits per heavy atom. The SMILES string of the molecule is CCOC(=O)C(CCc1ccc(Br)cc1C)(NC(=O)OC(C)(C)C)C(=O)OCC. The van der Waals surface area contributed by atoms with Gasteiger partial charge in [-0.2, -0.15) is 0 Å². The number of carbonyl (C=O) groups is 3. The minimum absolute atomic E-state index is 0.0353. The number of nitrogens with one attached hydrogen (secondary N) is 1. The molecule has 0 unspecified atom stereocenters. The maximum absolute atomic E-state index is 12.8. The van der Waals surface area contributed by atoms with Gasteiger partial charge in [0.2, 0.25) is 5.54 Å². The summed E-state index contributed by atoms with van der Waals surface area (Å²) >= 11 is 3.41. The van der Waals surface area contributed by atoms with Crippen LogP contribution in [0.25, 0.3) is 0 Å². The molecule has 0 saturated heterocycles. The maximum atomic E-state index is 12.8. The smallest absolute Gasteiger partial charge is 0.409 e. The maximum Gasteiger partial charge on any atom is 0.409 e. The summed E-state index contributed by atoms with van der Waals surface area (Å²) in [5, 5.41) is 2.44. The minimum atomic E-state index is -2.01. The average Bonchev–Trinajstić information content (AvgIpc) is 2.58. The van der Waals surface area contributed by atoms with Gasteiger partial charge in [-0.15, -0.1) is 0 Å². The fourth-order valence-electron chi connectivity index (χ4n) is 2.70. The highest BCUT2D eigenvalue weighted by atomic mass is 79.9. The molecule has 29 heavy (non-hydrogen) atoms. The van der Waals surface area contributed by atoms with E-state index in [4.69, 9.17) is 14.2 Å². The first-order valence-corrected chi connectivity index (χ1v) is 10.3. The summed E-state index contributed by atoms with van der Waals surface area (Å²) in [7, 11) is 0. The Kier molecular flexibility index (Phi) is 9.14. The van der Waals surface area contributed by atoms with Crippen molar-refractivity contribution < 1.29 is 28.6 Å². The molecule has 0 atom stereocenters. The van der Waals surface area contributed by atoms with Crippen LogP contribution in [0.3, 0.4) is 0 Å². The Bertz CT molecular complexity index is 723. The minimum Gasteiger partial charge on any atom is -0.464 e. The van der Waals surface area contributed by atoms with Crippen molar-refractivity contribution in [1.29, 1.82) is 0 Å². The molecule has 1 aromatic carbocycles. The Balaban J connectivity index is 3.28. The highest BCUT2D eigenvalue weighted by Gasteiger charge is 2.51. The van der Waals surface area contributed by atoms with E-state index in [1.165, 1.54) is 0 Å². The first-order chi connectivity index (χ1) is 13.4. The number of benzene rings is 1. The van der Waals surface area contributed by atoms with Crippen LogP contribution in [0.4, 0.5) is 4.79 Å². The van der Waals surface area contributed by atoms with Crippen molar-refractivity contribution >= 4 is 34.0 Å². The predicted octanol–water partition coefficient (Wildman–Crippen LogP) is 4.08. The van der Waals surface area contributed by atoms with Crippen molar-refractivity contribution in [3.8, 4) is 0 Å². The Morgan fingerprint density at radius 3 is 2.03 bits per heavy atom. The zero-order chi connectivity index (χ0) is 22.2. The van der Waals surface area contributed by atoms with Crippen LogP contribution in [0.1, 0.15) is 52.2 Å². The van der Waals surface area contributed by atoms with Gasteiger partial charge >= 0.3 is 18.0 Å². The Morgan fingerprint density at radius 1 is 1.03 bits per heavy atom. The van der Waals surface area contributed by atoms with Crippen molar-refractivity contribution in [1.82, 2.24) is 5.32 Å². The molecule has 1 N–H and O–H groups in total. The quantitative estimate of drug-likeness (QED) is 0.348. The molecule has 0 radical (unpaired) electrons. The second-order valence-electron chi connectivity index (χ2n) is 7.54. The number of ether oxygens (including phenoxy) is 3. The van der Waals surface area contributed by atoms with Gasteiger partial charge in [-0.3, -0.25) is 5.32 Å². The van der Waals surface area contributed by atoms with Gasteiger partial charge in [0.15, 0.2) is 0 Å². The average molecular weight is 472 g/mol. The molecule has 0 aliphatic carbocycles. The Hall–Kier alpha value is -2.09. The standard InChI is InChI=1S/C21H30BrNO6/c1-7-27-17(24)21(18(25)28-8-2,23-19(26)29-20(4,5)6)12-11-15-9-10-16(22)13-14(15)3/h9-10,13H,7-8,11-12H2,1-6H3,(H,23,26). The topological polar surface area (TPSA) is 90.9 Å². The van der Waals surface area contributed by atoms with E-state index in [9.17, 15) is 14.4 Å². The number of hydrogen-bond acceptors (Lipinski definition) is 6. The van der Waals surface area contributed by atoms with Crippen molar-refractivity contribution in [2.24, 2.45) is 0 Å². The van der Waals surface area contributed by atoms with Gasteiger partial charge in [0.05, 0.1) is 13.2 Å². The van der Waals surface area contributed by atoms with E-state index >= 15 is 0 Å². The first kappa shape index (κ1) is 24.9. The van der Waals surface area contributed by atoms with E-state index in [1.807, 2.05) is 25.1 Å². The molecule has 1 aromatic rings. The molecule has 0 spiro atoms. The van der Waals surface area contributed by atoms with Gasteiger partial charge in [0.1, 0.15) is 5.60 Å². The van der Waals surface area contributed by atoms with Gasteiger partial charge in [-0.25, -0.2) is 14.4 Å². The van der Waals surface area contributed by atoms with Gasteiger partial charge in [-0.1, -0.05) is 22.0 Å². The lowest BCUT2D eigenvalue weighted by molar-refractivity contribution is -0.166. The van der Waals surface area contributed by atoms with E-state index in [0.29, 0.717) is 6.42 Å². The number of alkyl carbamates (subject to hydrolysis) is 1. The fraction of sp³-hybridized carbons (Fsp3) is 0.571. The normalized spacial score (nSPS) is 11.6. The van der Waals surface area contributed by atoms with Crippen molar-refractivity contribution in [2.45, 2.75) is 65.5 Å². The van der Waals surface area contributed by atoms with Crippen LogP contribution in [0, 0.1) is 6.92 Å². The molecular weight excluding hydrogens is 442 g/mol. The number of halogens is 1. The predicted molar refractivity (Wildman–Crippen MR) is 113 cm³/mol. The van der Waals surface area contributed by atoms with Gasteiger partial charge in [0.25, 0.3) is 0 Å².